The largest absolute Gasteiger partial charge is 0.207 e. The first-order valence-electron chi connectivity index (χ1n) is 6.29. The van der Waals surface area contributed by atoms with Crippen LogP contribution in [0.2, 0.25) is 0 Å². The van der Waals surface area contributed by atoms with E-state index in [1.165, 1.54) is 11.0 Å². The molecule has 0 saturated heterocycles. The van der Waals surface area contributed by atoms with E-state index in [4.69, 9.17) is 0 Å². The number of hydrogen-bond acceptors (Lipinski definition) is 1. The molecule has 2 aromatic rings. The normalized spacial score (nSPS) is 12.3. The molecule has 0 nitrogen and oxygen atoms in total. The van der Waals surface area contributed by atoms with E-state index in [0.29, 0.717) is 5.92 Å². The minimum atomic E-state index is -0.154. The Morgan fingerprint density at radius 3 is 2.53 bits per heavy atom. The third kappa shape index (κ3) is 4.66. The summed E-state index contributed by atoms with van der Waals surface area (Å²) in [4.78, 5) is 1.29. The Kier molecular flexibility index (Phi) is 5.93. The molecule has 0 spiro atoms. The first-order valence-corrected chi connectivity index (χ1v) is 8.39. The van der Waals surface area contributed by atoms with Crippen molar-refractivity contribution in [3.05, 3.63) is 66.0 Å². The maximum absolute atomic E-state index is 13.2. The van der Waals surface area contributed by atoms with Crippen LogP contribution in [-0.4, -0.2) is 11.1 Å². The quantitative estimate of drug-likeness (QED) is 0.496. The Bertz CT molecular complexity index is 501. The van der Waals surface area contributed by atoms with Gasteiger partial charge >= 0.3 is 0 Å². The zero-order valence-corrected chi connectivity index (χ0v) is 13.0. The minimum Gasteiger partial charge on any atom is -0.207 e. The van der Waals surface area contributed by atoms with Gasteiger partial charge in [0, 0.05) is 10.2 Å². The lowest BCUT2D eigenvalue weighted by Gasteiger charge is -2.14. The molecule has 1 unspecified atom stereocenters. The predicted octanol–water partition coefficient (Wildman–Crippen LogP) is 5.49. The second-order valence-electron chi connectivity index (χ2n) is 4.36. The summed E-state index contributed by atoms with van der Waals surface area (Å²) in [5, 5.41) is 0.867. The van der Waals surface area contributed by atoms with Crippen LogP contribution in [0, 0.1) is 5.82 Å². The molecule has 2 aromatic carbocycles. The van der Waals surface area contributed by atoms with Crippen molar-refractivity contribution in [3.63, 3.8) is 0 Å². The van der Waals surface area contributed by atoms with E-state index in [-0.39, 0.29) is 5.82 Å². The number of rotatable bonds is 6. The van der Waals surface area contributed by atoms with Gasteiger partial charge in [0.15, 0.2) is 0 Å². The molecule has 2 rings (SSSR count). The number of hydrogen-bond donors (Lipinski definition) is 0. The van der Waals surface area contributed by atoms with Crippen molar-refractivity contribution in [1.82, 2.24) is 0 Å². The minimum absolute atomic E-state index is 0.154. The smallest absolute Gasteiger partial charge is 0.123 e. The first kappa shape index (κ1) is 14.6. The number of alkyl halides is 1. The van der Waals surface area contributed by atoms with Crippen LogP contribution in [0.25, 0.3) is 0 Å². The fourth-order valence-corrected chi connectivity index (χ4v) is 3.61. The van der Waals surface area contributed by atoms with Crippen molar-refractivity contribution in [3.8, 4) is 0 Å². The Hall–Kier alpha value is -0.800. The number of thioether (sulfide) groups is 1. The molecule has 0 fully saturated rings. The molecule has 3 heteroatoms. The van der Waals surface area contributed by atoms with E-state index in [1.807, 2.05) is 23.9 Å². The molecule has 0 aliphatic carbocycles. The van der Waals surface area contributed by atoms with Gasteiger partial charge in [0.2, 0.25) is 0 Å². The Morgan fingerprint density at radius 2 is 1.84 bits per heavy atom. The molecule has 0 aliphatic heterocycles. The van der Waals surface area contributed by atoms with Crippen molar-refractivity contribution in [1.29, 1.82) is 0 Å². The van der Waals surface area contributed by atoms with Crippen LogP contribution in [0.3, 0.4) is 0 Å². The molecule has 19 heavy (non-hydrogen) atoms. The molecule has 0 radical (unpaired) electrons. The summed E-state index contributed by atoms with van der Waals surface area (Å²) in [5.41, 5.74) is 1.07. The molecule has 0 saturated carbocycles. The van der Waals surface area contributed by atoms with Gasteiger partial charge in [-0.25, -0.2) is 4.39 Å². The van der Waals surface area contributed by atoms with Crippen molar-refractivity contribution >= 4 is 27.7 Å². The third-order valence-electron chi connectivity index (χ3n) is 2.98. The number of halogens is 2. The van der Waals surface area contributed by atoms with E-state index in [9.17, 15) is 4.39 Å². The summed E-state index contributed by atoms with van der Waals surface area (Å²) in [6.07, 6.45) is 1.04. The van der Waals surface area contributed by atoms with Crippen LogP contribution >= 0.6 is 27.7 Å². The van der Waals surface area contributed by atoms with Crippen LogP contribution in [0.4, 0.5) is 4.39 Å². The van der Waals surface area contributed by atoms with Gasteiger partial charge in [-0.1, -0.05) is 46.3 Å². The summed E-state index contributed by atoms with van der Waals surface area (Å²) in [7, 11) is 0. The molecular formula is C16H16BrFS. The van der Waals surface area contributed by atoms with E-state index in [0.717, 1.165) is 23.1 Å². The lowest BCUT2D eigenvalue weighted by Crippen LogP contribution is -2.02. The maximum atomic E-state index is 13.2. The van der Waals surface area contributed by atoms with E-state index in [1.54, 1.807) is 12.1 Å². The first-order chi connectivity index (χ1) is 9.29. The summed E-state index contributed by atoms with van der Waals surface area (Å²) >= 11 is 5.38. The Labute approximate surface area is 126 Å². The molecule has 100 valence electrons. The maximum Gasteiger partial charge on any atom is 0.123 e. The SMILES string of the molecule is Fc1cccc(C(CBr)CCSc2ccccc2)c1. The molecule has 1 atom stereocenters. The highest BCUT2D eigenvalue weighted by atomic mass is 79.9. The fraction of sp³-hybridized carbons (Fsp3) is 0.250. The number of benzene rings is 2. The molecule has 0 aliphatic rings. The van der Waals surface area contributed by atoms with E-state index >= 15 is 0 Å². The second kappa shape index (κ2) is 7.71. The topological polar surface area (TPSA) is 0 Å². The van der Waals surface area contributed by atoms with E-state index < -0.39 is 0 Å². The van der Waals surface area contributed by atoms with Gasteiger partial charge in [0.25, 0.3) is 0 Å². The van der Waals surface area contributed by atoms with Crippen LogP contribution in [-0.2, 0) is 0 Å². The predicted molar refractivity (Wildman–Crippen MR) is 84.7 cm³/mol. The van der Waals surface area contributed by atoms with Gasteiger partial charge in [-0.15, -0.1) is 11.8 Å². The van der Waals surface area contributed by atoms with Gasteiger partial charge < -0.3 is 0 Å². The standard InChI is InChI=1S/C16H16BrFS/c17-12-14(13-5-4-6-15(18)11-13)9-10-19-16-7-2-1-3-8-16/h1-8,11,14H,9-10,12H2. The summed E-state index contributed by atoms with van der Waals surface area (Å²) in [6, 6.07) is 17.3. The fourth-order valence-electron chi connectivity index (χ4n) is 1.93. The monoisotopic (exact) mass is 338 g/mol. The lowest BCUT2D eigenvalue weighted by atomic mass is 9.99. The van der Waals surface area contributed by atoms with Gasteiger partial charge in [-0.05, 0) is 47.9 Å². The van der Waals surface area contributed by atoms with Crippen LogP contribution < -0.4 is 0 Å². The van der Waals surface area contributed by atoms with Gasteiger partial charge in [-0.2, -0.15) is 0 Å². The molecule has 0 heterocycles. The highest BCUT2D eigenvalue weighted by molar-refractivity contribution is 9.09. The van der Waals surface area contributed by atoms with Crippen molar-refractivity contribution in [2.45, 2.75) is 17.2 Å². The zero-order chi connectivity index (χ0) is 13.5. The van der Waals surface area contributed by atoms with Crippen LogP contribution in [0.15, 0.2) is 59.5 Å². The Morgan fingerprint density at radius 1 is 1.05 bits per heavy atom. The molecule has 0 bridgehead atoms. The van der Waals surface area contributed by atoms with Crippen LogP contribution in [0.5, 0.6) is 0 Å². The molecule has 0 amide bonds. The summed E-state index contributed by atoms with van der Waals surface area (Å²) in [6.45, 7) is 0. The molecule has 0 aromatic heterocycles. The van der Waals surface area contributed by atoms with Crippen LogP contribution in [0.1, 0.15) is 17.9 Å². The summed E-state index contributed by atoms with van der Waals surface area (Å²) < 4.78 is 13.2. The van der Waals surface area contributed by atoms with Gasteiger partial charge in [-0.3, -0.25) is 0 Å². The van der Waals surface area contributed by atoms with Crippen molar-refractivity contribution in [2.75, 3.05) is 11.1 Å². The highest BCUT2D eigenvalue weighted by Crippen LogP contribution is 2.27. The van der Waals surface area contributed by atoms with E-state index in [2.05, 4.69) is 40.2 Å². The molecule has 0 N–H and O–H groups in total. The van der Waals surface area contributed by atoms with Crippen molar-refractivity contribution < 1.29 is 4.39 Å². The summed E-state index contributed by atoms with van der Waals surface area (Å²) in [5.74, 6) is 1.25. The third-order valence-corrected chi connectivity index (χ3v) is 4.81. The molecular weight excluding hydrogens is 323 g/mol. The average molecular weight is 339 g/mol. The highest BCUT2D eigenvalue weighted by Gasteiger charge is 2.10. The Balaban J connectivity index is 1.89. The average Bonchev–Trinajstić information content (AvgIpc) is 2.45. The van der Waals surface area contributed by atoms with Crippen molar-refractivity contribution in [2.24, 2.45) is 0 Å². The van der Waals surface area contributed by atoms with Gasteiger partial charge in [0.1, 0.15) is 5.82 Å². The second-order valence-corrected chi connectivity index (χ2v) is 6.17. The zero-order valence-electron chi connectivity index (χ0n) is 10.6. The lowest BCUT2D eigenvalue weighted by molar-refractivity contribution is 0.621. The van der Waals surface area contributed by atoms with Gasteiger partial charge in [0.05, 0.1) is 0 Å².